The van der Waals surface area contributed by atoms with Gasteiger partial charge in [-0.15, -0.1) is 0 Å². The van der Waals surface area contributed by atoms with Crippen LogP contribution < -0.4 is 0 Å². The molecule has 0 radical (unpaired) electrons. The van der Waals surface area contributed by atoms with E-state index in [2.05, 4.69) is 0 Å². The van der Waals surface area contributed by atoms with Gasteiger partial charge in [-0.2, -0.15) is 0 Å². The van der Waals surface area contributed by atoms with Crippen molar-refractivity contribution in [2.24, 2.45) is 5.92 Å². The standard InChI is InChI=1S/C10H17NO5/c1-6(12)9-7(15-2)4-5-8(16-3)10(9)11(13)14/h7-10H,4-5H2,1-3H3. The highest BCUT2D eigenvalue weighted by Crippen LogP contribution is 2.31. The van der Waals surface area contributed by atoms with E-state index in [0.717, 1.165) is 0 Å². The fraction of sp³-hybridized carbons (Fsp3) is 0.900. The Labute approximate surface area is 94.1 Å². The van der Waals surface area contributed by atoms with Gasteiger partial charge in [0.1, 0.15) is 17.8 Å². The van der Waals surface area contributed by atoms with E-state index in [1.807, 2.05) is 0 Å². The van der Waals surface area contributed by atoms with Crippen molar-refractivity contribution in [3.8, 4) is 0 Å². The first kappa shape index (κ1) is 13.1. The van der Waals surface area contributed by atoms with Crippen LogP contribution in [0.5, 0.6) is 0 Å². The Morgan fingerprint density at radius 2 is 1.75 bits per heavy atom. The number of hydrogen-bond donors (Lipinski definition) is 0. The Bertz CT molecular complexity index is 252. The zero-order valence-electron chi connectivity index (χ0n) is 9.71. The molecule has 0 aromatic heterocycles. The maximum absolute atomic E-state index is 11.5. The number of nitro groups is 1. The van der Waals surface area contributed by atoms with Gasteiger partial charge in [-0.05, 0) is 19.8 Å². The molecule has 6 nitrogen and oxygen atoms in total. The van der Waals surface area contributed by atoms with Gasteiger partial charge in [-0.3, -0.25) is 14.9 Å². The van der Waals surface area contributed by atoms with Gasteiger partial charge in [-0.1, -0.05) is 0 Å². The zero-order valence-corrected chi connectivity index (χ0v) is 9.71. The predicted molar refractivity (Wildman–Crippen MR) is 55.8 cm³/mol. The predicted octanol–water partition coefficient (Wildman–Crippen LogP) is 0.661. The van der Waals surface area contributed by atoms with E-state index in [1.165, 1.54) is 21.1 Å². The monoisotopic (exact) mass is 231 g/mol. The van der Waals surface area contributed by atoms with Crippen molar-refractivity contribution in [3.05, 3.63) is 10.1 Å². The van der Waals surface area contributed by atoms with Gasteiger partial charge >= 0.3 is 0 Å². The van der Waals surface area contributed by atoms with Crippen molar-refractivity contribution in [2.75, 3.05) is 14.2 Å². The summed E-state index contributed by atoms with van der Waals surface area (Å²) in [5.41, 5.74) is 0. The normalized spacial score (nSPS) is 34.7. The lowest BCUT2D eigenvalue weighted by Crippen LogP contribution is -2.53. The number of nitrogens with zero attached hydrogens (tertiary/aromatic N) is 1. The molecule has 0 aromatic rings. The molecule has 0 heterocycles. The average Bonchev–Trinajstić information content (AvgIpc) is 2.26. The lowest BCUT2D eigenvalue weighted by Gasteiger charge is -2.35. The molecule has 0 N–H and O–H groups in total. The number of rotatable bonds is 4. The van der Waals surface area contributed by atoms with E-state index in [-0.39, 0.29) is 11.9 Å². The van der Waals surface area contributed by atoms with E-state index < -0.39 is 23.0 Å². The third-order valence-electron chi connectivity index (χ3n) is 3.20. The first-order valence-corrected chi connectivity index (χ1v) is 5.22. The molecule has 0 bridgehead atoms. The van der Waals surface area contributed by atoms with E-state index in [4.69, 9.17) is 9.47 Å². The van der Waals surface area contributed by atoms with Crippen LogP contribution in [0.1, 0.15) is 19.8 Å². The molecular formula is C10H17NO5. The summed E-state index contributed by atoms with van der Waals surface area (Å²) in [4.78, 5) is 22.1. The Kier molecular flexibility index (Phi) is 4.37. The molecule has 4 atom stereocenters. The van der Waals surface area contributed by atoms with Crippen LogP contribution in [-0.2, 0) is 14.3 Å². The number of ether oxygens (including phenoxy) is 2. The van der Waals surface area contributed by atoms with Crippen LogP contribution in [0.4, 0.5) is 0 Å². The Morgan fingerprint density at radius 3 is 2.12 bits per heavy atom. The maximum Gasteiger partial charge on any atom is 0.250 e. The number of Topliss-reactive ketones (excluding diaryl/α,β-unsaturated/α-hetero) is 1. The summed E-state index contributed by atoms with van der Waals surface area (Å²) in [5.74, 6) is -0.922. The topological polar surface area (TPSA) is 78.7 Å². The minimum atomic E-state index is -0.999. The molecule has 1 saturated carbocycles. The summed E-state index contributed by atoms with van der Waals surface area (Å²) in [6, 6.07) is -0.999. The van der Waals surface area contributed by atoms with E-state index in [9.17, 15) is 14.9 Å². The van der Waals surface area contributed by atoms with Crippen LogP contribution in [0, 0.1) is 16.0 Å². The van der Waals surface area contributed by atoms with Gasteiger partial charge < -0.3 is 9.47 Å². The summed E-state index contributed by atoms with van der Waals surface area (Å²) < 4.78 is 10.2. The molecule has 0 amide bonds. The van der Waals surface area contributed by atoms with E-state index in [1.54, 1.807) is 0 Å². The number of hydrogen-bond acceptors (Lipinski definition) is 5. The molecule has 0 saturated heterocycles. The van der Waals surface area contributed by atoms with Gasteiger partial charge in [0.15, 0.2) is 0 Å². The Hall–Kier alpha value is -1.01. The zero-order chi connectivity index (χ0) is 12.3. The highest BCUT2D eigenvalue weighted by molar-refractivity contribution is 5.79. The van der Waals surface area contributed by atoms with Crippen molar-refractivity contribution < 1.29 is 19.2 Å². The second kappa shape index (κ2) is 5.36. The second-order valence-corrected chi connectivity index (χ2v) is 4.04. The SMILES string of the molecule is COC1CCC(OC)C([N+](=O)[O-])C1C(C)=O. The highest BCUT2D eigenvalue weighted by atomic mass is 16.6. The molecule has 0 aliphatic heterocycles. The molecule has 1 rings (SSSR count). The average molecular weight is 231 g/mol. The lowest BCUT2D eigenvalue weighted by atomic mass is 9.78. The van der Waals surface area contributed by atoms with Crippen LogP contribution in [0.25, 0.3) is 0 Å². The summed E-state index contributed by atoms with van der Waals surface area (Å²) in [6.45, 7) is 1.37. The third kappa shape index (κ3) is 2.38. The van der Waals surface area contributed by atoms with Crippen LogP contribution in [0.2, 0.25) is 0 Å². The summed E-state index contributed by atoms with van der Waals surface area (Å²) >= 11 is 0. The van der Waals surface area contributed by atoms with Crippen LogP contribution in [0.15, 0.2) is 0 Å². The molecule has 0 aromatic carbocycles. The van der Waals surface area contributed by atoms with Crippen molar-refractivity contribution >= 4 is 5.78 Å². The van der Waals surface area contributed by atoms with Crippen LogP contribution in [0.3, 0.4) is 0 Å². The number of ketones is 1. The lowest BCUT2D eigenvalue weighted by molar-refractivity contribution is -0.547. The van der Waals surface area contributed by atoms with Crippen molar-refractivity contribution in [2.45, 2.75) is 38.0 Å². The van der Waals surface area contributed by atoms with Gasteiger partial charge in [0.2, 0.25) is 0 Å². The van der Waals surface area contributed by atoms with Crippen LogP contribution in [-0.4, -0.2) is 43.2 Å². The van der Waals surface area contributed by atoms with E-state index >= 15 is 0 Å². The minimum Gasteiger partial charge on any atom is -0.380 e. The molecule has 1 aliphatic carbocycles. The van der Waals surface area contributed by atoms with Crippen LogP contribution >= 0.6 is 0 Å². The Balaban J connectivity index is 2.98. The number of carbonyl (C=O) groups excluding carboxylic acids is 1. The largest absolute Gasteiger partial charge is 0.380 e. The van der Waals surface area contributed by atoms with Gasteiger partial charge in [0, 0.05) is 19.1 Å². The number of methoxy groups -OCH3 is 2. The molecule has 16 heavy (non-hydrogen) atoms. The minimum absolute atomic E-state index is 0.213. The summed E-state index contributed by atoms with van der Waals surface area (Å²) in [5, 5.41) is 11.0. The van der Waals surface area contributed by atoms with Gasteiger partial charge in [-0.25, -0.2) is 0 Å². The molecule has 0 spiro atoms. The first-order chi connectivity index (χ1) is 7.52. The maximum atomic E-state index is 11.5. The fourth-order valence-electron chi connectivity index (χ4n) is 2.42. The molecule has 6 heteroatoms. The van der Waals surface area contributed by atoms with Gasteiger partial charge in [0.25, 0.3) is 6.04 Å². The summed E-state index contributed by atoms with van der Waals surface area (Å²) in [7, 11) is 2.91. The van der Waals surface area contributed by atoms with E-state index in [0.29, 0.717) is 12.8 Å². The molecule has 1 fully saturated rings. The van der Waals surface area contributed by atoms with Crippen molar-refractivity contribution in [3.63, 3.8) is 0 Å². The number of carbonyl (C=O) groups is 1. The third-order valence-corrected chi connectivity index (χ3v) is 3.20. The smallest absolute Gasteiger partial charge is 0.250 e. The fourth-order valence-corrected chi connectivity index (χ4v) is 2.42. The quantitative estimate of drug-likeness (QED) is 0.524. The van der Waals surface area contributed by atoms with Gasteiger partial charge in [0.05, 0.1) is 6.10 Å². The second-order valence-electron chi connectivity index (χ2n) is 4.04. The molecular weight excluding hydrogens is 214 g/mol. The van der Waals surface area contributed by atoms with Crippen molar-refractivity contribution in [1.29, 1.82) is 0 Å². The molecule has 92 valence electrons. The summed E-state index contributed by atoms with van der Waals surface area (Å²) in [6.07, 6.45) is 0.281. The molecule has 1 aliphatic rings. The first-order valence-electron chi connectivity index (χ1n) is 5.22. The Morgan fingerprint density at radius 1 is 1.25 bits per heavy atom. The highest BCUT2D eigenvalue weighted by Gasteiger charge is 2.50. The molecule has 4 unspecified atom stereocenters. The van der Waals surface area contributed by atoms with Crippen molar-refractivity contribution in [1.82, 2.24) is 0 Å².